The van der Waals surface area contributed by atoms with E-state index in [1.54, 1.807) is 0 Å². The van der Waals surface area contributed by atoms with Gasteiger partial charge in [0.2, 0.25) is 5.91 Å². The molecule has 19 heavy (non-hydrogen) atoms. The van der Waals surface area contributed by atoms with Gasteiger partial charge in [0.15, 0.2) is 0 Å². The molecular formula is C16H22BrNO. The van der Waals surface area contributed by atoms with E-state index in [9.17, 15) is 4.79 Å². The zero-order valence-corrected chi connectivity index (χ0v) is 13.5. The summed E-state index contributed by atoms with van der Waals surface area (Å²) in [6.45, 7) is 8.16. The molecule has 104 valence electrons. The zero-order valence-electron chi connectivity index (χ0n) is 11.9. The van der Waals surface area contributed by atoms with E-state index in [-0.39, 0.29) is 5.91 Å². The molecule has 1 amide bonds. The first-order valence-electron chi connectivity index (χ1n) is 6.95. The van der Waals surface area contributed by atoms with Crippen LogP contribution in [0.15, 0.2) is 18.2 Å². The number of aryl methyl sites for hydroxylation is 2. The van der Waals surface area contributed by atoms with Crippen molar-refractivity contribution < 1.29 is 4.79 Å². The lowest BCUT2D eigenvalue weighted by Crippen LogP contribution is -2.43. The highest BCUT2D eigenvalue weighted by molar-refractivity contribution is 9.09. The molecule has 1 aromatic rings. The van der Waals surface area contributed by atoms with Gasteiger partial charge in [-0.25, -0.2) is 0 Å². The molecule has 1 aromatic carbocycles. The Bertz CT molecular complexity index is 472. The van der Waals surface area contributed by atoms with Crippen LogP contribution in [0.1, 0.15) is 30.0 Å². The SMILES string of the molecule is Cc1ccc(CC(=O)N2CCC(Br)C(C)C2)cc1C. The molecule has 1 heterocycles. The molecular weight excluding hydrogens is 302 g/mol. The summed E-state index contributed by atoms with van der Waals surface area (Å²) in [5.41, 5.74) is 3.67. The fraction of sp³-hybridized carbons (Fsp3) is 0.562. The Morgan fingerprint density at radius 1 is 1.37 bits per heavy atom. The number of hydrogen-bond acceptors (Lipinski definition) is 1. The maximum atomic E-state index is 12.3. The number of carbonyl (C=O) groups is 1. The first-order chi connectivity index (χ1) is 8.97. The van der Waals surface area contributed by atoms with E-state index >= 15 is 0 Å². The molecule has 0 aliphatic carbocycles. The average molecular weight is 324 g/mol. The molecule has 1 fully saturated rings. The van der Waals surface area contributed by atoms with Crippen molar-refractivity contribution in [2.75, 3.05) is 13.1 Å². The van der Waals surface area contributed by atoms with Crippen LogP contribution in [0.2, 0.25) is 0 Å². The second-order valence-electron chi connectivity index (χ2n) is 5.72. The number of likely N-dealkylation sites (tertiary alicyclic amines) is 1. The quantitative estimate of drug-likeness (QED) is 0.763. The van der Waals surface area contributed by atoms with E-state index in [2.05, 4.69) is 54.9 Å². The molecule has 2 rings (SSSR count). The van der Waals surface area contributed by atoms with Crippen molar-refractivity contribution in [3.8, 4) is 0 Å². The summed E-state index contributed by atoms with van der Waals surface area (Å²) in [5, 5.41) is 0. The van der Waals surface area contributed by atoms with Crippen molar-refractivity contribution >= 4 is 21.8 Å². The van der Waals surface area contributed by atoms with Gasteiger partial charge in [0, 0.05) is 17.9 Å². The summed E-state index contributed by atoms with van der Waals surface area (Å²) in [5.74, 6) is 0.798. The topological polar surface area (TPSA) is 20.3 Å². The molecule has 0 spiro atoms. The number of hydrogen-bond donors (Lipinski definition) is 0. The van der Waals surface area contributed by atoms with Crippen molar-refractivity contribution in [2.24, 2.45) is 5.92 Å². The van der Waals surface area contributed by atoms with Gasteiger partial charge in [-0.15, -0.1) is 0 Å². The summed E-state index contributed by atoms with van der Waals surface area (Å²) < 4.78 is 0. The molecule has 0 radical (unpaired) electrons. The minimum atomic E-state index is 0.259. The molecule has 2 unspecified atom stereocenters. The van der Waals surface area contributed by atoms with Crippen LogP contribution in [0.25, 0.3) is 0 Å². The molecule has 1 aliphatic heterocycles. The molecule has 0 aromatic heterocycles. The molecule has 0 saturated carbocycles. The standard InChI is InChI=1S/C16H22BrNO/c1-11-4-5-14(8-12(11)2)9-16(19)18-7-6-15(17)13(3)10-18/h4-5,8,13,15H,6-7,9-10H2,1-3H3. The fourth-order valence-corrected chi connectivity index (χ4v) is 2.92. The Labute approximate surface area is 124 Å². The number of piperidine rings is 1. The van der Waals surface area contributed by atoms with Crippen LogP contribution in [-0.4, -0.2) is 28.7 Å². The first-order valence-corrected chi connectivity index (χ1v) is 7.87. The Balaban J connectivity index is 1.99. The number of nitrogens with zero attached hydrogens (tertiary/aromatic N) is 1. The highest BCUT2D eigenvalue weighted by Gasteiger charge is 2.26. The minimum absolute atomic E-state index is 0.259. The van der Waals surface area contributed by atoms with E-state index in [1.807, 2.05) is 4.90 Å². The maximum absolute atomic E-state index is 12.3. The van der Waals surface area contributed by atoms with E-state index in [0.29, 0.717) is 17.2 Å². The lowest BCUT2D eigenvalue weighted by atomic mass is 9.98. The highest BCUT2D eigenvalue weighted by Crippen LogP contribution is 2.24. The first kappa shape index (κ1) is 14.6. The summed E-state index contributed by atoms with van der Waals surface area (Å²) in [7, 11) is 0. The monoisotopic (exact) mass is 323 g/mol. The van der Waals surface area contributed by atoms with E-state index in [0.717, 1.165) is 25.1 Å². The van der Waals surface area contributed by atoms with Crippen LogP contribution in [0.5, 0.6) is 0 Å². The summed E-state index contributed by atoms with van der Waals surface area (Å²) >= 11 is 3.68. The van der Waals surface area contributed by atoms with Gasteiger partial charge in [0.1, 0.15) is 0 Å². The second-order valence-corrected chi connectivity index (χ2v) is 6.89. The van der Waals surface area contributed by atoms with Crippen LogP contribution >= 0.6 is 15.9 Å². The predicted molar refractivity (Wildman–Crippen MR) is 82.7 cm³/mol. The predicted octanol–water partition coefficient (Wildman–Crippen LogP) is 3.48. The highest BCUT2D eigenvalue weighted by atomic mass is 79.9. The van der Waals surface area contributed by atoms with E-state index in [4.69, 9.17) is 0 Å². The fourth-order valence-electron chi connectivity index (χ4n) is 2.54. The zero-order chi connectivity index (χ0) is 14.0. The summed E-state index contributed by atoms with van der Waals surface area (Å²) in [6.07, 6.45) is 1.58. The lowest BCUT2D eigenvalue weighted by molar-refractivity contribution is -0.132. The number of rotatable bonds is 2. The van der Waals surface area contributed by atoms with Gasteiger partial charge in [0.25, 0.3) is 0 Å². The lowest BCUT2D eigenvalue weighted by Gasteiger charge is -2.34. The Morgan fingerprint density at radius 3 is 2.74 bits per heavy atom. The van der Waals surface area contributed by atoms with Crippen molar-refractivity contribution in [3.63, 3.8) is 0 Å². The van der Waals surface area contributed by atoms with E-state index < -0.39 is 0 Å². The van der Waals surface area contributed by atoms with Crippen molar-refractivity contribution in [2.45, 2.75) is 38.4 Å². The Morgan fingerprint density at radius 2 is 2.11 bits per heavy atom. The maximum Gasteiger partial charge on any atom is 0.226 e. The van der Waals surface area contributed by atoms with E-state index in [1.165, 1.54) is 11.1 Å². The van der Waals surface area contributed by atoms with Gasteiger partial charge < -0.3 is 4.90 Å². The Hall–Kier alpha value is -0.830. The number of carbonyl (C=O) groups excluding carboxylic acids is 1. The van der Waals surface area contributed by atoms with Gasteiger partial charge in [-0.3, -0.25) is 4.79 Å². The normalized spacial score (nSPS) is 23.5. The van der Waals surface area contributed by atoms with Crippen LogP contribution in [0.4, 0.5) is 0 Å². The largest absolute Gasteiger partial charge is 0.342 e. The Kier molecular flexibility index (Phi) is 4.67. The third kappa shape index (κ3) is 3.59. The minimum Gasteiger partial charge on any atom is -0.342 e. The van der Waals surface area contributed by atoms with Gasteiger partial charge in [-0.05, 0) is 42.9 Å². The summed E-state index contributed by atoms with van der Waals surface area (Å²) in [4.78, 5) is 14.9. The average Bonchev–Trinajstić information content (AvgIpc) is 2.37. The molecule has 1 saturated heterocycles. The van der Waals surface area contributed by atoms with Crippen molar-refractivity contribution in [1.29, 1.82) is 0 Å². The van der Waals surface area contributed by atoms with Crippen LogP contribution in [0, 0.1) is 19.8 Å². The summed E-state index contributed by atoms with van der Waals surface area (Å²) in [6, 6.07) is 6.31. The van der Waals surface area contributed by atoms with Gasteiger partial charge >= 0.3 is 0 Å². The molecule has 1 aliphatic rings. The number of halogens is 1. The van der Waals surface area contributed by atoms with Gasteiger partial charge in [0.05, 0.1) is 6.42 Å². The molecule has 2 atom stereocenters. The van der Waals surface area contributed by atoms with Gasteiger partial charge in [-0.2, -0.15) is 0 Å². The van der Waals surface area contributed by atoms with Gasteiger partial charge in [-0.1, -0.05) is 41.1 Å². The smallest absolute Gasteiger partial charge is 0.226 e. The van der Waals surface area contributed by atoms with Crippen LogP contribution in [-0.2, 0) is 11.2 Å². The van der Waals surface area contributed by atoms with Crippen LogP contribution < -0.4 is 0 Å². The molecule has 0 bridgehead atoms. The third-order valence-electron chi connectivity index (χ3n) is 4.08. The number of amides is 1. The molecule has 3 heteroatoms. The molecule has 0 N–H and O–H groups in total. The van der Waals surface area contributed by atoms with Crippen molar-refractivity contribution in [1.82, 2.24) is 4.90 Å². The van der Waals surface area contributed by atoms with Crippen molar-refractivity contribution in [3.05, 3.63) is 34.9 Å². The number of alkyl halides is 1. The number of benzene rings is 1. The third-order valence-corrected chi connectivity index (χ3v) is 5.44. The second kappa shape index (κ2) is 6.08. The van der Waals surface area contributed by atoms with Crippen LogP contribution in [0.3, 0.4) is 0 Å². The molecule has 2 nitrogen and oxygen atoms in total.